The topological polar surface area (TPSA) is 0 Å². The molecule has 0 N–H and O–H groups in total. The smallest absolute Gasteiger partial charge is 0.0716 e. The van der Waals surface area contributed by atoms with Crippen molar-refractivity contribution in [3.8, 4) is 0 Å². The van der Waals surface area contributed by atoms with E-state index in [0.29, 0.717) is 18.2 Å². The fraction of sp³-hybridized carbons (Fsp3) is 0.667. The van der Waals surface area contributed by atoms with Gasteiger partial charge < -0.3 is 0 Å². The average molecular weight is 176 g/mol. The lowest BCUT2D eigenvalue weighted by Crippen LogP contribution is -2.01. The maximum Gasteiger partial charge on any atom is 0.0716 e. The van der Waals surface area contributed by atoms with Crippen molar-refractivity contribution in [2.45, 2.75) is 40.9 Å². The maximum absolute atomic E-state index is 5.69. The van der Waals surface area contributed by atoms with Crippen molar-refractivity contribution in [1.29, 1.82) is 0 Å². The zero-order valence-corrected chi connectivity index (χ0v) is 9.59. The Bertz CT molecular complexity index is 199. The van der Waals surface area contributed by atoms with Crippen LogP contribution in [0.3, 0.4) is 0 Å². The van der Waals surface area contributed by atoms with E-state index in [9.17, 15) is 0 Å². The van der Waals surface area contributed by atoms with E-state index in [0.717, 1.165) is 0 Å². The highest BCUT2D eigenvalue weighted by atomic mass is 14.1. The van der Waals surface area contributed by atoms with Crippen LogP contribution in [0.2, 0.25) is 6.32 Å². The monoisotopic (exact) mass is 176 g/mol. The van der Waals surface area contributed by atoms with E-state index >= 15 is 0 Å². The van der Waals surface area contributed by atoms with Gasteiger partial charge in [-0.15, -0.1) is 0 Å². The molecule has 0 aliphatic heterocycles. The number of allylic oxidation sites excluding steroid dienone is 4. The molecule has 0 fully saturated rings. The molecule has 0 unspecified atom stereocenters. The molecule has 0 aromatic carbocycles. The molecule has 2 radical (unpaired) electrons. The molecule has 0 spiro atoms. The van der Waals surface area contributed by atoms with Crippen molar-refractivity contribution in [3.05, 3.63) is 23.3 Å². The van der Waals surface area contributed by atoms with Gasteiger partial charge in [-0.05, 0) is 25.7 Å². The van der Waals surface area contributed by atoms with Gasteiger partial charge in [0.15, 0.2) is 0 Å². The molecule has 1 heteroatoms. The summed E-state index contributed by atoms with van der Waals surface area (Å²) in [5, 5.41) is 0. The lowest BCUT2D eigenvalue weighted by molar-refractivity contribution is 0.502. The van der Waals surface area contributed by atoms with E-state index < -0.39 is 0 Å². The first-order valence-electron chi connectivity index (χ1n) is 5.07. The highest BCUT2D eigenvalue weighted by Crippen LogP contribution is 2.19. The Labute approximate surface area is 84.5 Å². The summed E-state index contributed by atoms with van der Waals surface area (Å²) in [4.78, 5) is 0. The predicted molar refractivity (Wildman–Crippen MR) is 62.1 cm³/mol. The third-order valence-corrected chi connectivity index (χ3v) is 2.68. The van der Waals surface area contributed by atoms with Gasteiger partial charge >= 0.3 is 0 Å². The minimum atomic E-state index is 0.605. The summed E-state index contributed by atoms with van der Waals surface area (Å²) in [7, 11) is 5.69. The summed E-state index contributed by atoms with van der Waals surface area (Å²) >= 11 is 0. The van der Waals surface area contributed by atoms with Crippen molar-refractivity contribution < 1.29 is 0 Å². The molecule has 1 atom stereocenters. The van der Waals surface area contributed by atoms with E-state index in [1.165, 1.54) is 11.1 Å². The van der Waals surface area contributed by atoms with Crippen molar-refractivity contribution in [1.82, 2.24) is 0 Å². The third kappa shape index (κ3) is 4.35. The number of hydrogen-bond donors (Lipinski definition) is 0. The van der Waals surface area contributed by atoms with E-state index in [1.807, 2.05) is 0 Å². The van der Waals surface area contributed by atoms with Crippen LogP contribution < -0.4 is 0 Å². The average Bonchev–Trinajstić information content (AvgIpc) is 2.12. The largest absolute Gasteiger partial charge is 0.0845 e. The normalized spacial score (nSPS) is 16.5. The molecule has 0 aliphatic rings. The van der Waals surface area contributed by atoms with Crippen molar-refractivity contribution in [2.75, 3.05) is 0 Å². The van der Waals surface area contributed by atoms with E-state index in [-0.39, 0.29) is 0 Å². The Kier molecular flexibility index (Phi) is 5.86. The Morgan fingerprint density at radius 1 is 1.31 bits per heavy atom. The van der Waals surface area contributed by atoms with Crippen LogP contribution in [-0.2, 0) is 0 Å². The van der Waals surface area contributed by atoms with Crippen LogP contribution in [0.4, 0.5) is 0 Å². The van der Waals surface area contributed by atoms with Gasteiger partial charge in [-0.1, -0.05) is 50.4 Å². The van der Waals surface area contributed by atoms with Crippen molar-refractivity contribution in [2.24, 2.45) is 11.8 Å². The summed E-state index contributed by atoms with van der Waals surface area (Å²) in [6.45, 7) is 10.9. The molecule has 0 amide bonds. The summed E-state index contributed by atoms with van der Waals surface area (Å²) < 4.78 is 0. The second-order valence-corrected chi connectivity index (χ2v) is 3.97. The molecule has 0 rings (SSSR count). The minimum Gasteiger partial charge on any atom is -0.0845 e. The molecule has 0 nitrogen and oxygen atoms in total. The number of hydrogen-bond acceptors (Lipinski definition) is 0. The zero-order chi connectivity index (χ0) is 10.4. The first-order chi connectivity index (χ1) is 6.02. The summed E-state index contributed by atoms with van der Waals surface area (Å²) in [6, 6.07) is 0. The van der Waals surface area contributed by atoms with Crippen LogP contribution in [0.1, 0.15) is 34.6 Å². The van der Waals surface area contributed by atoms with Crippen LogP contribution in [-0.4, -0.2) is 7.85 Å². The molecular weight excluding hydrogens is 155 g/mol. The Morgan fingerprint density at radius 3 is 2.15 bits per heavy atom. The molecule has 0 bridgehead atoms. The molecule has 0 heterocycles. The Hall–Kier alpha value is -0.455. The van der Waals surface area contributed by atoms with Crippen LogP contribution in [0.5, 0.6) is 0 Å². The molecule has 0 aliphatic carbocycles. The van der Waals surface area contributed by atoms with Gasteiger partial charge in [0, 0.05) is 0 Å². The van der Waals surface area contributed by atoms with Gasteiger partial charge in [0.1, 0.15) is 0 Å². The van der Waals surface area contributed by atoms with Crippen molar-refractivity contribution in [3.63, 3.8) is 0 Å². The quantitative estimate of drug-likeness (QED) is 0.452. The predicted octanol–water partition coefficient (Wildman–Crippen LogP) is 3.76. The van der Waals surface area contributed by atoms with Crippen LogP contribution in [0, 0.1) is 11.8 Å². The van der Waals surface area contributed by atoms with Crippen molar-refractivity contribution >= 4 is 7.85 Å². The Balaban J connectivity index is 4.57. The lowest BCUT2D eigenvalue weighted by atomic mass is 9.87. The van der Waals surface area contributed by atoms with Gasteiger partial charge in [0.25, 0.3) is 0 Å². The highest BCUT2D eigenvalue weighted by molar-refractivity contribution is 6.10. The van der Waals surface area contributed by atoms with Gasteiger partial charge in [0.2, 0.25) is 0 Å². The van der Waals surface area contributed by atoms with Crippen LogP contribution in [0.15, 0.2) is 23.3 Å². The Morgan fingerprint density at radius 2 is 1.85 bits per heavy atom. The summed E-state index contributed by atoms with van der Waals surface area (Å²) in [5.74, 6) is 1.29. The minimum absolute atomic E-state index is 0.605. The van der Waals surface area contributed by atoms with E-state index in [4.69, 9.17) is 7.85 Å². The standard InChI is InChI=1S/C12H21B/c1-6-10(4)12(8-13)7-11(5)9(2)3/h6-7,9,11H,8H2,1-5H3/b10-6-,12-7-/t11-/m0/s1. The first-order valence-corrected chi connectivity index (χ1v) is 5.07. The van der Waals surface area contributed by atoms with Gasteiger partial charge in [-0.25, -0.2) is 0 Å². The van der Waals surface area contributed by atoms with E-state index in [1.54, 1.807) is 0 Å². The molecule has 0 aromatic heterocycles. The molecule has 0 aromatic rings. The first kappa shape index (κ1) is 12.5. The molecule has 72 valence electrons. The zero-order valence-electron chi connectivity index (χ0n) is 9.59. The van der Waals surface area contributed by atoms with Crippen LogP contribution >= 0.6 is 0 Å². The lowest BCUT2D eigenvalue weighted by Gasteiger charge is -2.14. The van der Waals surface area contributed by atoms with Gasteiger partial charge in [-0.2, -0.15) is 0 Å². The highest BCUT2D eigenvalue weighted by Gasteiger charge is 2.05. The second-order valence-electron chi connectivity index (χ2n) is 3.97. The molecular formula is C12H21B. The molecule has 0 saturated carbocycles. The second kappa shape index (κ2) is 6.07. The fourth-order valence-corrected chi connectivity index (χ4v) is 1.06. The maximum atomic E-state index is 5.69. The SMILES string of the molecule is [B]CC(=C/[C@H](C)C(C)C)/C(C)=C\C. The number of rotatable bonds is 4. The summed E-state index contributed by atoms with van der Waals surface area (Å²) in [6.07, 6.45) is 5.05. The molecule has 13 heavy (non-hydrogen) atoms. The molecule has 0 saturated heterocycles. The van der Waals surface area contributed by atoms with Gasteiger partial charge in [-0.3, -0.25) is 0 Å². The summed E-state index contributed by atoms with van der Waals surface area (Å²) in [5.41, 5.74) is 2.58. The van der Waals surface area contributed by atoms with Gasteiger partial charge in [0.05, 0.1) is 7.85 Å². The van der Waals surface area contributed by atoms with Crippen LogP contribution in [0.25, 0.3) is 0 Å². The third-order valence-electron chi connectivity index (χ3n) is 2.68. The van der Waals surface area contributed by atoms with E-state index in [2.05, 4.69) is 46.8 Å². The fourth-order valence-electron chi connectivity index (χ4n) is 1.06.